The molecular formula is C23H25N5O4S. The van der Waals surface area contributed by atoms with Gasteiger partial charge in [0.25, 0.3) is 5.91 Å². The van der Waals surface area contributed by atoms with Crippen molar-refractivity contribution in [3.63, 3.8) is 0 Å². The first kappa shape index (κ1) is 24.0. The van der Waals surface area contributed by atoms with Gasteiger partial charge in [0.15, 0.2) is 11.0 Å². The summed E-state index contributed by atoms with van der Waals surface area (Å²) in [4.78, 5) is 36.3. The molecule has 0 aliphatic rings. The van der Waals surface area contributed by atoms with Crippen molar-refractivity contribution in [2.24, 2.45) is 0 Å². The van der Waals surface area contributed by atoms with Crippen LogP contribution in [0, 0.1) is 0 Å². The summed E-state index contributed by atoms with van der Waals surface area (Å²) < 4.78 is 6.54. The average molecular weight is 468 g/mol. The Hall–Kier alpha value is -3.66. The van der Waals surface area contributed by atoms with Gasteiger partial charge >= 0.3 is 5.97 Å². The van der Waals surface area contributed by atoms with Crippen LogP contribution in [0.1, 0.15) is 46.4 Å². The Kier molecular flexibility index (Phi) is 8.20. The molecule has 2 N–H and O–H groups in total. The van der Waals surface area contributed by atoms with Crippen LogP contribution in [0.5, 0.6) is 0 Å². The summed E-state index contributed by atoms with van der Waals surface area (Å²) in [6, 6.07) is 15.0. The van der Waals surface area contributed by atoms with E-state index in [9.17, 15) is 14.4 Å². The zero-order valence-electron chi connectivity index (χ0n) is 18.6. The summed E-state index contributed by atoms with van der Waals surface area (Å²) in [5.41, 5.74) is 1.54. The van der Waals surface area contributed by atoms with Crippen LogP contribution >= 0.6 is 11.8 Å². The molecule has 10 heteroatoms. The molecule has 33 heavy (non-hydrogen) atoms. The number of ether oxygens (including phenoxy) is 1. The molecule has 0 fully saturated rings. The fourth-order valence-corrected chi connectivity index (χ4v) is 3.90. The molecule has 172 valence electrons. The maximum absolute atomic E-state index is 12.4. The fourth-order valence-electron chi connectivity index (χ4n) is 3.09. The number of rotatable bonds is 9. The number of esters is 1. The maximum Gasteiger partial charge on any atom is 0.337 e. The second kappa shape index (κ2) is 11.3. The van der Waals surface area contributed by atoms with Crippen LogP contribution in [0.25, 0.3) is 0 Å². The normalized spacial score (nSPS) is 11.5. The molecule has 0 unspecified atom stereocenters. The van der Waals surface area contributed by atoms with Gasteiger partial charge in [0, 0.05) is 17.8 Å². The average Bonchev–Trinajstić information content (AvgIpc) is 3.26. The first-order valence-electron chi connectivity index (χ1n) is 10.3. The third-order valence-electron chi connectivity index (χ3n) is 4.75. The number of amides is 2. The summed E-state index contributed by atoms with van der Waals surface area (Å²) >= 11 is 1.25. The van der Waals surface area contributed by atoms with E-state index in [0.29, 0.717) is 34.3 Å². The molecule has 0 saturated heterocycles. The van der Waals surface area contributed by atoms with Crippen molar-refractivity contribution in [3.05, 3.63) is 71.5 Å². The van der Waals surface area contributed by atoms with Crippen molar-refractivity contribution >= 4 is 35.2 Å². The van der Waals surface area contributed by atoms with Crippen LogP contribution in [0.4, 0.5) is 5.69 Å². The molecular weight excluding hydrogens is 442 g/mol. The zero-order chi connectivity index (χ0) is 23.8. The second-order valence-electron chi connectivity index (χ2n) is 7.05. The molecule has 9 nitrogen and oxygen atoms in total. The van der Waals surface area contributed by atoms with Crippen molar-refractivity contribution < 1.29 is 19.1 Å². The van der Waals surface area contributed by atoms with Gasteiger partial charge in [-0.05, 0) is 50.2 Å². The number of benzene rings is 2. The van der Waals surface area contributed by atoms with Crippen LogP contribution in [0.15, 0.2) is 59.8 Å². The van der Waals surface area contributed by atoms with E-state index in [1.165, 1.54) is 18.9 Å². The predicted octanol–water partition coefficient (Wildman–Crippen LogP) is 3.31. The van der Waals surface area contributed by atoms with Gasteiger partial charge in [-0.2, -0.15) is 0 Å². The van der Waals surface area contributed by atoms with Gasteiger partial charge in [-0.1, -0.05) is 30.0 Å². The summed E-state index contributed by atoms with van der Waals surface area (Å²) in [6.45, 7) is 4.38. The standard InChI is InChI=1S/C23H25N5O4S/c1-4-28-20(15(2)24-21(30)16-8-6-5-7-9-16)26-27-23(28)33-14-19(29)25-18-12-10-17(11-13-18)22(31)32-3/h5-13,15H,4,14H2,1-3H3,(H,24,30)(H,25,29)/t15-/m0/s1. The molecule has 0 aliphatic carbocycles. The van der Waals surface area contributed by atoms with Crippen molar-refractivity contribution in [1.29, 1.82) is 0 Å². The van der Waals surface area contributed by atoms with E-state index in [0.717, 1.165) is 0 Å². The van der Waals surface area contributed by atoms with Gasteiger partial charge in [-0.25, -0.2) is 4.79 Å². The van der Waals surface area contributed by atoms with Crippen LogP contribution in [0.2, 0.25) is 0 Å². The minimum absolute atomic E-state index is 0.127. The Morgan fingerprint density at radius 1 is 1.03 bits per heavy atom. The molecule has 2 aromatic carbocycles. The quantitative estimate of drug-likeness (QED) is 0.366. The molecule has 3 aromatic rings. The molecule has 2 amide bonds. The highest BCUT2D eigenvalue weighted by Crippen LogP contribution is 2.21. The lowest BCUT2D eigenvalue weighted by Crippen LogP contribution is -2.28. The fraction of sp³-hybridized carbons (Fsp3) is 0.261. The lowest BCUT2D eigenvalue weighted by atomic mass is 10.2. The number of aromatic nitrogens is 3. The molecule has 0 radical (unpaired) electrons. The number of hydrogen-bond acceptors (Lipinski definition) is 7. The van der Waals surface area contributed by atoms with Crippen molar-refractivity contribution in [2.45, 2.75) is 31.6 Å². The van der Waals surface area contributed by atoms with Crippen LogP contribution in [-0.2, 0) is 16.1 Å². The van der Waals surface area contributed by atoms with Gasteiger partial charge in [0.05, 0.1) is 24.5 Å². The number of thioether (sulfide) groups is 1. The molecule has 0 spiro atoms. The monoisotopic (exact) mass is 467 g/mol. The Balaban J connectivity index is 1.58. The third kappa shape index (κ3) is 6.19. The Morgan fingerprint density at radius 2 is 1.73 bits per heavy atom. The number of nitrogens with zero attached hydrogens (tertiary/aromatic N) is 3. The van der Waals surface area contributed by atoms with Gasteiger partial charge < -0.3 is 19.9 Å². The van der Waals surface area contributed by atoms with Crippen molar-refractivity contribution in [1.82, 2.24) is 20.1 Å². The topological polar surface area (TPSA) is 115 Å². The third-order valence-corrected chi connectivity index (χ3v) is 5.72. The van der Waals surface area contributed by atoms with Crippen LogP contribution in [0.3, 0.4) is 0 Å². The number of nitrogens with one attached hydrogen (secondary N) is 2. The second-order valence-corrected chi connectivity index (χ2v) is 7.99. The zero-order valence-corrected chi connectivity index (χ0v) is 19.4. The van der Waals surface area contributed by atoms with Gasteiger partial charge in [-0.3, -0.25) is 9.59 Å². The number of carbonyl (C=O) groups excluding carboxylic acids is 3. The van der Waals surface area contributed by atoms with E-state index in [2.05, 4.69) is 25.6 Å². The van der Waals surface area contributed by atoms with E-state index >= 15 is 0 Å². The van der Waals surface area contributed by atoms with Gasteiger partial charge in [0.2, 0.25) is 5.91 Å². The summed E-state index contributed by atoms with van der Waals surface area (Å²) in [5, 5.41) is 14.7. The molecule has 0 saturated carbocycles. The SMILES string of the molecule is CCn1c(SCC(=O)Nc2ccc(C(=O)OC)cc2)nnc1[C@H](C)NC(=O)c1ccccc1. The number of anilines is 1. The van der Waals surface area contributed by atoms with E-state index in [4.69, 9.17) is 0 Å². The lowest BCUT2D eigenvalue weighted by molar-refractivity contribution is -0.113. The minimum Gasteiger partial charge on any atom is -0.465 e. The summed E-state index contributed by atoms with van der Waals surface area (Å²) in [6.07, 6.45) is 0. The Bertz CT molecular complexity index is 1120. The highest BCUT2D eigenvalue weighted by molar-refractivity contribution is 7.99. The van der Waals surface area contributed by atoms with E-state index < -0.39 is 5.97 Å². The van der Waals surface area contributed by atoms with Crippen LogP contribution in [-0.4, -0.2) is 45.4 Å². The van der Waals surface area contributed by atoms with E-state index in [1.807, 2.05) is 24.5 Å². The van der Waals surface area contributed by atoms with E-state index in [1.54, 1.807) is 48.5 Å². The van der Waals surface area contributed by atoms with Crippen molar-refractivity contribution in [2.75, 3.05) is 18.2 Å². The molecule has 3 rings (SSSR count). The highest BCUT2D eigenvalue weighted by Gasteiger charge is 2.20. The molecule has 1 atom stereocenters. The Morgan fingerprint density at radius 3 is 2.36 bits per heavy atom. The van der Waals surface area contributed by atoms with Crippen LogP contribution < -0.4 is 10.6 Å². The molecule has 0 bridgehead atoms. The lowest BCUT2D eigenvalue weighted by Gasteiger charge is -2.15. The van der Waals surface area contributed by atoms with Gasteiger partial charge in [-0.15, -0.1) is 10.2 Å². The predicted molar refractivity (Wildman–Crippen MR) is 125 cm³/mol. The molecule has 1 aromatic heterocycles. The maximum atomic E-state index is 12.4. The number of methoxy groups -OCH3 is 1. The highest BCUT2D eigenvalue weighted by atomic mass is 32.2. The smallest absolute Gasteiger partial charge is 0.337 e. The largest absolute Gasteiger partial charge is 0.465 e. The van der Waals surface area contributed by atoms with Gasteiger partial charge in [0.1, 0.15) is 0 Å². The number of hydrogen-bond donors (Lipinski definition) is 2. The summed E-state index contributed by atoms with van der Waals surface area (Å²) in [5.74, 6) is -0.110. The van der Waals surface area contributed by atoms with E-state index in [-0.39, 0.29) is 23.6 Å². The number of carbonyl (C=O) groups is 3. The first-order valence-corrected chi connectivity index (χ1v) is 11.3. The molecule has 0 aliphatic heterocycles. The first-order chi connectivity index (χ1) is 15.9. The summed E-state index contributed by atoms with van der Waals surface area (Å²) in [7, 11) is 1.31. The minimum atomic E-state index is -0.438. The Labute approximate surface area is 195 Å². The van der Waals surface area contributed by atoms with Crippen molar-refractivity contribution in [3.8, 4) is 0 Å². The molecule has 1 heterocycles.